The second-order valence-corrected chi connectivity index (χ2v) is 11.5. The Morgan fingerprint density at radius 3 is 2.67 bits per heavy atom. The van der Waals surface area contributed by atoms with E-state index in [0.717, 1.165) is 0 Å². The van der Waals surface area contributed by atoms with Gasteiger partial charge in [0.2, 0.25) is 0 Å². The molecule has 1 fully saturated rings. The second kappa shape index (κ2) is 12.0. The van der Waals surface area contributed by atoms with Gasteiger partial charge in [-0.2, -0.15) is 0 Å². The number of esters is 1. The first-order valence-electron chi connectivity index (χ1n) is 12.2. The van der Waals surface area contributed by atoms with E-state index in [9.17, 15) is 19.3 Å². The molecule has 1 aliphatic heterocycles. The maximum atomic E-state index is 13.9. The molecule has 1 saturated heterocycles. The number of aromatic amines is 1. The van der Waals surface area contributed by atoms with Crippen LogP contribution >= 0.6 is 31.4 Å². The number of carbonyl (C=O) groups excluding carboxylic acids is 1. The first-order chi connectivity index (χ1) is 17.6. The Balaban J connectivity index is 1.90. The Hall–Kier alpha value is -2.01. The molecule has 6 atom stereocenters. The third-order valence-electron chi connectivity index (χ3n) is 5.16. The highest BCUT2D eigenvalue weighted by Crippen LogP contribution is 2.51. The highest BCUT2D eigenvalue weighted by Gasteiger charge is 2.45. The summed E-state index contributed by atoms with van der Waals surface area (Å²) in [5, 5.41) is 9.58. The minimum atomic E-state index is -4.42. The summed E-state index contributed by atoms with van der Waals surface area (Å²) in [7, 11) is -4.42. The largest absolute Gasteiger partial charge is 0.463 e. The number of carbonyl (C=O) groups is 1. The fraction of sp³-hybridized carbons (Fsp3) is 0.522. The van der Waals surface area contributed by atoms with Crippen molar-refractivity contribution in [3.8, 4) is 5.75 Å². The molecule has 0 saturated carbocycles. The number of aromatic nitrogens is 2. The lowest BCUT2D eigenvalue weighted by Crippen LogP contribution is -2.31. The predicted molar refractivity (Wildman–Crippen MR) is 136 cm³/mol. The van der Waals surface area contributed by atoms with Crippen molar-refractivity contribution in [2.75, 3.05) is 12.7 Å². The average molecular weight is 563 g/mol. The molecule has 3 rings (SSSR count). The van der Waals surface area contributed by atoms with E-state index in [4.69, 9.17) is 45.1 Å². The molecule has 198 valence electrons. The lowest BCUT2D eigenvalue weighted by molar-refractivity contribution is -0.151. The first-order valence-corrected chi connectivity index (χ1v) is 13.8. The zero-order chi connectivity index (χ0) is 28.4. The van der Waals surface area contributed by atoms with Crippen molar-refractivity contribution >= 4 is 37.4 Å². The van der Waals surface area contributed by atoms with Crippen molar-refractivity contribution in [3.05, 3.63) is 57.2 Å². The molecule has 0 radical (unpaired) electrons. The summed E-state index contributed by atoms with van der Waals surface area (Å²) in [6.45, 7) is 3.39. The van der Waals surface area contributed by atoms with Crippen LogP contribution in [0, 0.1) is 17.6 Å². The predicted octanol–water partition coefficient (Wildman–Crippen LogP) is 3.96. The van der Waals surface area contributed by atoms with Crippen molar-refractivity contribution in [1.29, 1.82) is 0 Å². The molecule has 0 bridgehead atoms. The topological polar surface area (TPSA) is 129 Å². The SMILES string of the molecule is [2H]C([2H])(O[P@@](=O)(C[C@@H](C)C(=O)OC(C)C)Oc1ccccc1)[C@@H]1O[C@H](n2cc(C)c(=O)[nH]c2=S)[C@H](Cl)C1O. The molecule has 0 amide bonds. The summed E-state index contributed by atoms with van der Waals surface area (Å²) in [5.74, 6) is -1.53. The van der Waals surface area contributed by atoms with Crippen LogP contribution in [0.5, 0.6) is 5.75 Å². The van der Waals surface area contributed by atoms with Crippen LogP contribution in [0.25, 0.3) is 0 Å². The Morgan fingerprint density at radius 2 is 2.03 bits per heavy atom. The fourth-order valence-corrected chi connectivity index (χ4v) is 5.63. The van der Waals surface area contributed by atoms with Crippen molar-refractivity contribution < 1.29 is 35.7 Å². The van der Waals surface area contributed by atoms with Gasteiger partial charge in [0, 0.05) is 11.8 Å². The number of rotatable bonds is 10. The van der Waals surface area contributed by atoms with Gasteiger partial charge in [-0.05, 0) is 45.1 Å². The molecule has 1 unspecified atom stereocenters. The van der Waals surface area contributed by atoms with Crippen LogP contribution < -0.4 is 10.1 Å². The molecular formula is C23H30ClN2O8PS. The molecule has 2 N–H and O–H groups in total. The van der Waals surface area contributed by atoms with Crippen LogP contribution in [-0.2, 0) is 23.4 Å². The van der Waals surface area contributed by atoms with E-state index in [2.05, 4.69) is 4.98 Å². The van der Waals surface area contributed by atoms with Crippen LogP contribution in [0.15, 0.2) is 41.3 Å². The number of benzene rings is 1. The quantitative estimate of drug-likeness (QED) is 0.191. The summed E-state index contributed by atoms with van der Waals surface area (Å²) in [6.07, 6.45) is -4.14. The van der Waals surface area contributed by atoms with Gasteiger partial charge in [0.25, 0.3) is 5.56 Å². The van der Waals surface area contributed by atoms with Gasteiger partial charge < -0.3 is 19.1 Å². The summed E-state index contributed by atoms with van der Waals surface area (Å²) < 4.78 is 54.2. The standard InChI is InChI=1S/C23H30ClN2O8PS/c1-13(2)32-22(29)15(4)12-35(30,34-16-8-6-5-7-9-16)31-11-17-19(27)18(24)21(33-17)26-10-14(3)20(28)25-23(26)36/h5-10,13,15,17-19,21,27H,11-12H2,1-4H3,(H,25,28,36)/t15-,17+,18-,19?,21+,35+/m1/s1/i11D2. The molecule has 1 aliphatic rings. The van der Waals surface area contributed by atoms with E-state index < -0.39 is 67.7 Å². The molecule has 0 spiro atoms. The van der Waals surface area contributed by atoms with Gasteiger partial charge in [-0.25, -0.2) is 4.57 Å². The number of nitrogens with one attached hydrogen (secondary N) is 1. The van der Waals surface area contributed by atoms with Crippen molar-refractivity contribution in [2.45, 2.75) is 57.6 Å². The maximum Gasteiger partial charge on any atom is 0.380 e. The molecule has 1 aromatic heterocycles. The third kappa shape index (κ3) is 7.06. The highest BCUT2D eigenvalue weighted by atomic mass is 35.5. The molecule has 2 heterocycles. The lowest BCUT2D eigenvalue weighted by atomic mass is 10.2. The van der Waals surface area contributed by atoms with Gasteiger partial charge in [-0.15, -0.1) is 11.6 Å². The Morgan fingerprint density at radius 1 is 1.36 bits per heavy atom. The number of aliphatic hydroxyl groups is 1. The Labute approximate surface area is 221 Å². The van der Waals surface area contributed by atoms with Gasteiger partial charge in [0.15, 0.2) is 11.0 Å². The molecule has 1 aromatic carbocycles. The summed E-state index contributed by atoms with van der Waals surface area (Å²) in [5.41, 5.74) is -0.137. The highest BCUT2D eigenvalue weighted by molar-refractivity contribution is 7.71. The Bertz CT molecular complexity index is 1310. The van der Waals surface area contributed by atoms with Crippen LogP contribution in [0.2, 0.25) is 0 Å². The normalized spacial score (nSPS) is 25.5. The summed E-state index contributed by atoms with van der Waals surface area (Å²) >= 11 is 11.6. The number of nitrogens with zero attached hydrogens (tertiary/aromatic N) is 1. The number of halogens is 1. The molecule has 2 aromatic rings. The summed E-state index contributed by atoms with van der Waals surface area (Å²) in [6, 6.07) is 7.93. The summed E-state index contributed by atoms with van der Waals surface area (Å²) in [4.78, 5) is 26.7. The number of ether oxygens (including phenoxy) is 2. The van der Waals surface area contributed by atoms with E-state index in [1.54, 1.807) is 32.0 Å². The van der Waals surface area contributed by atoms with Gasteiger partial charge in [0.1, 0.15) is 23.3 Å². The second-order valence-electron chi connectivity index (χ2n) is 8.65. The number of aryl methyl sites for hydroxylation is 1. The number of para-hydroxylation sites is 1. The smallest absolute Gasteiger partial charge is 0.380 e. The fourth-order valence-electron chi connectivity index (χ4n) is 3.36. The van der Waals surface area contributed by atoms with Crippen molar-refractivity contribution in [2.24, 2.45) is 5.92 Å². The van der Waals surface area contributed by atoms with Gasteiger partial charge >= 0.3 is 13.6 Å². The average Bonchev–Trinajstić information content (AvgIpc) is 3.11. The monoisotopic (exact) mass is 562 g/mol. The number of alkyl halides is 1. The minimum absolute atomic E-state index is 0.0545. The van der Waals surface area contributed by atoms with E-state index in [1.807, 2.05) is 0 Å². The number of hydrogen-bond acceptors (Lipinski definition) is 9. The molecule has 0 aliphatic carbocycles. The van der Waals surface area contributed by atoms with Crippen LogP contribution in [0.4, 0.5) is 0 Å². The molecule has 36 heavy (non-hydrogen) atoms. The van der Waals surface area contributed by atoms with Gasteiger partial charge in [-0.3, -0.25) is 23.7 Å². The maximum absolute atomic E-state index is 13.9. The third-order valence-corrected chi connectivity index (χ3v) is 7.82. The first kappa shape index (κ1) is 25.6. The number of hydrogen-bond donors (Lipinski definition) is 2. The van der Waals surface area contributed by atoms with Crippen LogP contribution in [0.3, 0.4) is 0 Å². The zero-order valence-electron chi connectivity index (χ0n) is 22.1. The van der Waals surface area contributed by atoms with E-state index in [0.29, 0.717) is 0 Å². The van der Waals surface area contributed by atoms with Crippen LogP contribution in [0.1, 0.15) is 35.3 Å². The minimum Gasteiger partial charge on any atom is -0.463 e. The van der Waals surface area contributed by atoms with Crippen molar-refractivity contribution in [3.63, 3.8) is 0 Å². The van der Waals surface area contributed by atoms with Crippen molar-refractivity contribution in [1.82, 2.24) is 9.55 Å². The van der Waals surface area contributed by atoms with E-state index >= 15 is 0 Å². The van der Waals surface area contributed by atoms with Crippen LogP contribution in [-0.4, -0.2) is 57.0 Å². The molecule has 10 nitrogen and oxygen atoms in total. The number of H-pyrrole nitrogens is 1. The Kier molecular flexibility index (Phi) is 8.56. The van der Waals surface area contributed by atoms with E-state index in [1.165, 1.54) is 36.7 Å². The van der Waals surface area contributed by atoms with Gasteiger partial charge in [-0.1, -0.05) is 25.1 Å². The zero-order valence-corrected chi connectivity index (χ0v) is 22.6. The molecule has 13 heteroatoms. The van der Waals surface area contributed by atoms with Gasteiger partial charge in [0.05, 0.1) is 27.5 Å². The number of aliphatic hydroxyl groups excluding tert-OH is 1. The van der Waals surface area contributed by atoms with E-state index in [-0.39, 0.29) is 16.1 Å². The lowest BCUT2D eigenvalue weighted by Gasteiger charge is -2.24. The molecular weight excluding hydrogens is 531 g/mol.